The minimum Gasteiger partial charge on any atom is -0.495 e. The number of methoxy groups -OCH3 is 1. The molecule has 0 saturated carbocycles. The molecule has 3 rings (SSSR count). The van der Waals surface area contributed by atoms with Gasteiger partial charge in [-0.3, -0.25) is 9.78 Å². The monoisotopic (exact) mass is 367 g/mol. The van der Waals surface area contributed by atoms with E-state index >= 15 is 0 Å². The van der Waals surface area contributed by atoms with Gasteiger partial charge >= 0.3 is 5.97 Å². The molecule has 0 aliphatic heterocycles. The Kier molecular flexibility index (Phi) is 5.74. The van der Waals surface area contributed by atoms with Crippen molar-refractivity contribution in [2.24, 2.45) is 0 Å². The maximum Gasteiger partial charge on any atom is 0.303 e. The number of pyridine rings is 1. The van der Waals surface area contributed by atoms with Crippen LogP contribution < -0.4 is 4.74 Å². The van der Waals surface area contributed by atoms with Crippen LogP contribution in [0.25, 0.3) is 16.6 Å². The van der Waals surface area contributed by atoms with E-state index in [1.165, 1.54) is 0 Å². The molecule has 0 fully saturated rings. The Bertz CT molecular complexity index is 963. The van der Waals surface area contributed by atoms with Crippen LogP contribution in [-0.2, 0) is 17.6 Å². The van der Waals surface area contributed by atoms with Gasteiger partial charge in [0.25, 0.3) is 0 Å². The summed E-state index contributed by atoms with van der Waals surface area (Å²) in [4.78, 5) is 15.1. The smallest absolute Gasteiger partial charge is 0.303 e. The molecule has 0 aliphatic carbocycles. The molecule has 3 aromatic rings. The number of carboxylic acids is 1. The van der Waals surface area contributed by atoms with Crippen LogP contribution in [0, 0.1) is 6.92 Å². The molecule has 0 radical (unpaired) electrons. The molecular weight excluding hydrogens is 342 g/mol. The Hall–Kier alpha value is -2.89. The van der Waals surface area contributed by atoms with E-state index in [0.29, 0.717) is 12.2 Å². The molecule has 6 nitrogen and oxygen atoms in total. The lowest BCUT2D eigenvalue weighted by atomic mass is 9.95. The van der Waals surface area contributed by atoms with Gasteiger partial charge in [-0.1, -0.05) is 6.92 Å². The van der Waals surface area contributed by atoms with Crippen LogP contribution in [0.3, 0.4) is 0 Å². The maximum atomic E-state index is 10.8. The minimum absolute atomic E-state index is 0.190. The molecular formula is C21H25N3O3. The highest BCUT2D eigenvalue weighted by atomic mass is 16.5. The first-order valence-electron chi connectivity index (χ1n) is 9.26. The molecule has 27 heavy (non-hydrogen) atoms. The zero-order valence-corrected chi connectivity index (χ0v) is 16.0. The summed E-state index contributed by atoms with van der Waals surface area (Å²) in [6, 6.07) is 6.19. The average molecular weight is 367 g/mol. The van der Waals surface area contributed by atoms with Gasteiger partial charge in [0.2, 0.25) is 0 Å². The Morgan fingerprint density at radius 3 is 2.78 bits per heavy atom. The predicted octanol–water partition coefficient (Wildman–Crippen LogP) is 4.07. The van der Waals surface area contributed by atoms with E-state index in [9.17, 15) is 4.79 Å². The molecule has 0 spiro atoms. The second-order valence-corrected chi connectivity index (χ2v) is 6.63. The number of aryl methyl sites for hydroxylation is 2. The van der Waals surface area contributed by atoms with Gasteiger partial charge in [-0.25, -0.2) is 4.52 Å². The summed E-state index contributed by atoms with van der Waals surface area (Å²) in [5.74, 6) is -0.0455. The fourth-order valence-electron chi connectivity index (χ4n) is 3.47. The van der Waals surface area contributed by atoms with Crippen molar-refractivity contribution >= 4 is 11.5 Å². The van der Waals surface area contributed by atoms with Gasteiger partial charge in [-0.05, 0) is 56.4 Å². The van der Waals surface area contributed by atoms with Crippen molar-refractivity contribution in [3.63, 3.8) is 0 Å². The number of ether oxygens (including phenoxy) is 1. The number of nitrogens with zero attached hydrogens (tertiary/aromatic N) is 3. The van der Waals surface area contributed by atoms with Gasteiger partial charge in [-0.2, -0.15) is 5.10 Å². The van der Waals surface area contributed by atoms with E-state index in [-0.39, 0.29) is 6.42 Å². The largest absolute Gasteiger partial charge is 0.495 e. The number of rotatable bonds is 8. The van der Waals surface area contributed by atoms with Crippen molar-refractivity contribution in [1.29, 1.82) is 0 Å². The number of unbranched alkanes of at least 4 members (excludes halogenated alkanes) is 1. The van der Waals surface area contributed by atoms with E-state index in [4.69, 9.17) is 14.9 Å². The molecule has 0 unspecified atom stereocenters. The second kappa shape index (κ2) is 8.20. The number of fused-ring (bicyclic) bond motifs is 1. The zero-order chi connectivity index (χ0) is 19.4. The molecule has 1 N–H and O–H groups in total. The second-order valence-electron chi connectivity index (χ2n) is 6.63. The van der Waals surface area contributed by atoms with Crippen molar-refractivity contribution in [2.75, 3.05) is 7.11 Å². The van der Waals surface area contributed by atoms with Crippen LogP contribution in [0.4, 0.5) is 0 Å². The molecule has 3 heterocycles. The van der Waals surface area contributed by atoms with Crippen LogP contribution in [0.5, 0.6) is 5.75 Å². The first-order chi connectivity index (χ1) is 13.0. The lowest BCUT2D eigenvalue weighted by molar-refractivity contribution is -0.137. The SMILES string of the molecule is CCc1ccc2c(-c3cncc(OC)c3)c(CCCCC(=O)O)c(C)nn12. The molecule has 0 atom stereocenters. The van der Waals surface area contributed by atoms with Gasteiger partial charge in [0.15, 0.2) is 0 Å². The molecule has 6 heteroatoms. The predicted molar refractivity (Wildman–Crippen MR) is 104 cm³/mol. The summed E-state index contributed by atoms with van der Waals surface area (Å²) in [5.41, 5.74) is 6.39. The summed E-state index contributed by atoms with van der Waals surface area (Å²) in [5, 5.41) is 13.7. The van der Waals surface area contributed by atoms with Gasteiger partial charge in [0, 0.05) is 29.4 Å². The van der Waals surface area contributed by atoms with Crippen LogP contribution in [0.1, 0.15) is 43.1 Å². The van der Waals surface area contributed by atoms with Crippen molar-refractivity contribution in [3.05, 3.63) is 47.5 Å². The van der Waals surface area contributed by atoms with E-state index < -0.39 is 5.97 Å². The quantitative estimate of drug-likeness (QED) is 0.607. The van der Waals surface area contributed by atoms with Crippen LogP contribution >= 0.6 is 0 Å². The third-order valence-electron chi connectivity index (χ3n) is 4.85. The van der Waals surface area contributed by atoms with Crippen molar-refractivity contribution < 1.29 is 14.6 Å². The van der Waals surface area contributed by atoms with Gasteiger partial charge in [0.1, 0.15) is 5.75 Å². The summed E-state index contributed by atoms with van der Waals surface area (Å²) in [6.07, 6.45) is 6.85. The molecule has 0 amide bonds. The third-order valence-corrected chi connectivity index (χ3v) is 4.85. The van der Waals surface area contributed by atoms with E-state index in [1.807, 2.05) is 23.7 Å². The lowest BCUT2D eigenvalue weighted by Crippen LogP contribution is -2.06. The summed E-state index contributed by atoms with van der Waals surface area (Å²) < 4.78 is 7.36. The number of carbonyl (C=O) groups is 1. The Balaban J connectivity index is 2.12. The lowest BCUT2D eigenvalue weighted by Gasteiger charge is -2.16. The van der Waals surface area contributed by atoms with Gasteiger partial charge in [-0.15, -0.1) is 0 Å². The number of hydrogen-bond donors (Lipinski definition) is 1. The van der Waals surface area contributed by atoms with Crippen molar-refractivity contribution in [2.45, 2.75) is 46.0 Å². The topological polar surface area (TPSA) is 76.7 Å². The number of aliphatic carboxylic acids is 1. The standard InChI is InChI=1S/C21H25N3O3/c1-4-16-9-10-19-21(15-11-17(27-3)13-22-12-15)18(14(2)23-24(16)19)7-5-6-8-20(25)26/h9-13H,4-8H2,1-3H3,(H,25,26). The summed E-state index contributed by atoms with van der Waals surface area (Å²) >= 11 is 0. The highest BCUT2D eigenvalue weighted by Crippen LogP contribution is 2.33. The summed E-state index contributed by atoms with van der Waals surface area (Å²) in [6.45, 7) is 4.13. The van der Waals surface area contributed by atoms with Gasteiger partial charge < -0.3 is 9.84 Å². The number of aromatic nitrogens is 3. The molecule has 0 aliphatic rings. The Labute approximate surface area is 158 Å². The highest BCUT2D eigenvalue weighted by molar-refractivity contribution is 5.84. The molecule has 142 valence electrons. The molecule has 0 aromatic carbocycles. The average Bonchev–Trinajstić information content (AvgIpc) is 3.07. The highest BCUT2D eigenvalue weighted by Gasteiger charge is 2.17. The maximum absolute atomic E-state index is 10.8. The van der Waals surface area contributed by atoms with Crippen LogP contribution in [0.15, 0.2) is 30.6 Å². The number of hydrogen-bond acceptors (Lipinski definition) is 4. The molecule has 0 bridgehead atoms. The number of carboxylic acid groups (broad SMARTS) is 1. The molecule has 0 saturated heterocycles. The fourth-order valence-corrected chi connectivity index (χ4v) is 3.47. The Morgan fingerprint density at radius 1 is 1.26 bits per heavy atom. The zero-order valence-electron chi connectivity index (χ0n) is 16.0. The van der Waals surface area contributed by atoms with Gasteiger partial charge in [0.05, 0.1) is 24.5 Å². The normalized spacial score (nSPS) is 11.1. The first-order valence-corrected chi connectivity index (χ1v) is 9.26. The van der Waals surface area contributed by atoms with E-state index in [0.717, 1.165) is 52.9 Å². The van der Waals surface area contributed by atoms with Crippen molar-refractivity contribution in [3.8, 4) is 16.9 Å². The fraction of sp³-hybridized carbons (Fsp3) is 0.381. The van der Waals surface area contributed by atoms with E-state index in [2.05, 4.69) is 24.0 Å². The molecule has 3 aromatic heterocycles. The Morgan fingerprint density at radius 2 is 2.07 bits per heavy atom. The van der Waals surface area contributed by atoms with E-state index in [1.54, 1.807) is 13.3 Å². The van der Waals surface area contributed by atoms with Crippen LogP contribution in [-0.4, -0.2) is 32.8 Å². The minimum atomic E-state index is -0.753. The summed E-state index contributed by atoms with van der Waals surface area (Å²) in [7, 11) is 1.63. The van der Waals surface area contributed by atoms with Crippen LogP contribution in [0.2, 0.25) is 0 Å². The third kappa shape index (κ3) is 3.94. The van der Waals surface area contributed by atoms with Crippen molar-refractivity contribution in [1.82, 2.24) is 14.6 Å². The first kappa shape index (κ1) is 18.9.